The Bertz CT molecular complexity index is 1120. The predicted molar refractivity (Wildman–Crippen MR) is 112 cm³/mol. The molecule has 2 aromatic carbocycles. The Morgan fingerprint density at radius 1 is 1.25 bits per heavy atom. The van der Waals surface area contributed by atoms with Crippen LogP contribution in [-0.2, 0) is 24.2 Å². The molecule has 1 aliphatic carbocycles. The molecule has 1 aromatic heterocycles. The number of para-hydroxylation sites is 1. The highest BCUT2D eigenvalue weighted by atomic mass is 35.5. The Balaban J connectivity index is 1.80. The molecule has 1 aliphatic rings. The van der Waals surface area contributed by atoms with E-state index < -0.39 is 0 Å². The average molecular weight is 390 g/mol. The topological polar surface area (TPSA) is 57.0 Å². The number of carbonyl (C=O) groups is 1. The molecule has 5 heteroatoms. The lowest BCUT2D eigenvalue weighted by Gasteiger charge is -2.23. The molecule has 0 N–H and O–H groups in total. The number of anilines is 1. The first-order valence-corrected chi connectivity index (χ1v) is 9.91. The second kappa shape index (κ2) is 7.61. The maximum Gasteiger partial charge on any atom is 0.243 e. The van der Waals surface area contributed by atoms with Gasteiger partial charge in [0.15, 0.2) is 5.82 Å². The first-order chi connectivity index (χ1) is 13.6. The quantitative estimate of drug-likeness (QED) is 0.609. The number of pyridine rings is 1. The summed E-state index contributed by atoms with van der Waals surface area (Å²) in [6.45, 7) is 2.47. The Labute approximate surface area is 169 Å². The number of benzene rings is 2. The molecule has 0 fully saturated rings. The zero-order valence-electron chi connectivity index (χ0n) is 15.7. The summed E-state index contributed by atoms with van der Waals surface area (Å²) in [6, 6.07) is 15.9. The molecule has 0 saturated carbocycles. The molecule has 0 atom stereocenters. The second-order valence-electron chi connectivity index (χ2n) is 7.18. The van der Waals surface area contributed by atoms with Crippen LogP contribution in [0.2, 0.25) is 0 Å². The summed E-state index contributed by atoms with van der Waals surface area (Å²) < 4.78 is 0. The van der Waals surface area contributed by atoms with Crippen molar-refractivity contribution in [3.05, 3.63) is 70.3 Å². The summed E-state index contributed by atoms with van der Waals surface area (Å²) in [7, 11) is 0. The molecule has 4 nitrogen and oxygen atoms in total. The van der Waals surface area contributed by atoms with Gasteiger partial charge in [0.1, 0.15) is 11.9 Å². The van der Waals surface area contributed by atoms with Crippen molar-refractivity contribution in [1.29, 1.82) is 5.26 Å². The number of fused-ring (bicyclic) bond motifs is 2. The maximum atomic E-state index is 12.7. The van der Waals surface area contributed by atoms with Crippen LogP contribution in [0.3, 0.4) is 0 Å². The predicted octanol–water partition coefficient (Wildman–Crippen LogP) is 4.68. The zero-order valence-corrected chi connectivity index (χ0v) is 16.5. The van der Waals surface area contributed by atoms with Crippen molar-refractivity contribution in [1.82, 2.24) is 4.98 Å². The van der Waals surface area contributed by atoms with Gasteiger partial charge in [0.25, 0.3) is 0 Å². The van der Waals surface area contributed by atoms with Crippen molar-refractivity contribution in [2.45, 2.75) is 32.7 Å². The lowest BCUT2D eigenvalue weighted by molar-refractivity contribution is -0.116. The number of nitriles is 1. The molecular formula is C23H20ClN3O. The number of amides is 1. The van der Waals surface area contributed by atoms with Gasteiger partial charge in [0, 0.05) is 5.39 Å². The Kier molecular flexibility index (Phi) is 5.02. The van der Waals surface area contributed by atoms with Crippen LogP contribution in [0.25, 0.3) is 10.9 Å². The molecule has 0 aliphatic heterocycles. The first-order valence-electron chi connectivity index (χ1n) is 9.38. The Hall–Kier alpha value is -2.90. The molecule has 28 heavy (non-hydrogen) atoms. The van der Waals surface area contributed by atoms with Gasteiger partial charge in [-0.05, 0) is 60.6 Å². The second-order valence-corrected chi connectivity index (χ2v) is 7.45. The number of halogens is 1. The molecule has 1 heterocycles. The van der Waals surface area contributed by atoms with E-state index in [1.165, 1.54) is 28.0 Å². The average Bonchev–Trinajstić information content (AvgIpc) is 3.19. The van der Waals surface area contributed by atoms with E-state index in [9.17, 15) is 10.1 Å². The summed E-state index contributed by atoms with van der Waals surface area (Å²) >= 11 is 5.90. The number of aryl methyl sites for hydroxylation is 2. The molecular weight excluding hydrogens is 370 g/mol. The third kappa shape index (κ3) is 3.34. The van der Waals surface area contributed by atoms with Gasteiger partial charge in [0.05, 0.1) is 17.6 Å². The molecule has 0 bridgehead atoms. The van der Waals surface area contributed by atoms with Crippen LogP contribution in [0.5, 0.6) is 0 Å². The van der Waals surface area contributed by atoms with Crippen LogP contribution in [-0.4, -0.2) is 16.8 Å². The zero-order chi connectivity index (χ0) is 19.7. The van der Waals surface area contributed by atoms with E-state index >= 15 is 0 Å². The lowest BCUT2D eigenvalue weighted by atomic mass is 10.00. The van der Waals surface area contributed by atoms with Crippen LogP contribution >= 0.6 is 11.6 Å². The van der Waals surface area contributed by atoms with Gasteiger partial charge in [-0.1, -0.05) is 30.3 Å². The molecule has 0 saturated heterocycles. The lowest BCUT2D eigenvalue weighted by Crippen LogP contribution is -2.33. The smallest absolute Gasteiger partial charge is 0.243 e. The highest BCUT2D eigenvalue weighted by molar-refractivity contribution is 6.29. The molecule has 4 rings (SSSR count). The molecule has 0 spiro atoms. The summed E-state index contributed by atoms with van der Waals surface area (Å²) in [5.74, 6) is -0.0624. The molecule has 3 aromatic rings. The van der Waals surface area contributed by atoms with Gasteiger partial charge in [-0.25, -0.2) is 4.98 Å². The normalized spacial score (nSPS) is 12.6. The van der Waals surface area contributed by atoms with Crippen molar-refractivity contribution in [3.8, 4) is 6.07 Å². The van der Waals surface area contributed by atoms with E-state index in [1.807, 2.05) is 24.3 Å². The standard InChI is InChI=1S/C23H20ClN3O/c1-15-9-16(10-17-6-4-7-20(15)17)14-27(22(28)12-24)23-19(13-25)11-18-5-2-3-8-21(18)26-23/h2-3,5,8-11H,4,6-7,12,14H2,1H3. The monoisotopic (exact) mass is 389 g/mol. The van der Waals surface area contributed by atoms with Crippen molar-refractivity contribution >= 4 is 34.2 Å². The van der Waals surface area contributed by atoms with Crippen molar-refractivity contribution < 1.29 is 4.79 Å². The van der Waals surface area contributed by atoms with Crippen LogP contribution in [0.15, 0.2) is 42.5 Å². The number of hydrogen-bond donors (Lipinski definition) is 0. The minimum Gasteiger partial charge on any atom is -0.290 e. The van der Waals surface area contributed by atoms with Crippen molar-refractivity contribution in [2.75, 3.05) is 10.8 Å². The van der Waals surface area contributed by atoms with Gasteiger partial charge in [0.2, 0.25) is 5.91 Å². The minimum atomic E-state index is -0.265. The van der Waals surface area contributed by atoms with Crippen molar-refractivity contribution in [2.24, 2.45) is 0 Å². The van der Waals surface area contributed by atoms with Gasteiger partial charge < -0.3 is 0 Å². The minimum absolute atomic E-state index is 0.163. The van der Waals surface area contributed by atoms with E-state index in [-0.39, 0.29) is 11.8 Å². The number of aromatic nitrogens is 1. The van der Waals surface area contributed by atoms with Crippen LogP contribution in [0.4, 0.5) is 5.82 Å². The number of nitrogens with zero attached hydrogens (tertiary/aromatic N) is 3. The largest absolute Gasteiger partial charge is 0.290 e. The Morgan fingerprint density at radius 2 is 2.07 bits per heavy atom. The van der Waals surface area contributed by atoms with Gasteiger partial charge in [-0.2, -0.15) is 5.26 Å². The van der Waals surface area contributed by atoms with Crippen LogP contribution in [0.1, 0.15) is 34.2 Å². The molecule has 0 unspecified atom stereocenters. The Morgan fingerprint density at radius 3 is 2.86 bits per heavy atom. The SMILES string of the molecule is Cc1cc(CN(C(=O)CCl)c2nc3ccccc3cc2C#N)cc2c1CCC2. The maximum absolute atomic E-state index is 12.7. The molecule has 140 valence electrons. The number of hydrogen-bond acceptors (Lipinski definition) is 3. The molecule has 0 radical (unpaired) electrons. The third-order valence-corrected chi connectivity index (χ3v) is 5.56. The summed E-state index contributed by atoms with van der Waals surface area (Å²) in [6.07, 6.45) is 3.37. The van der Waals surface area contributed by atoms with E-state index in [0.717, 1.165) is 29.3 Å². The summed E-state index contributed by atoms with van der Waals surface area (Å²) in [5, 5.41) is 10.5. The van der Waals surface area contributed by atoms with Gasteiger partial charge >= 0.3 is 0 Å². The fourth-order valence-electron chi connectivity index (χ4n) is 4.03. The van der Waals surface area contributed by atoms with Gasteiger partial charge in [-0.15, -0.1) is 11.6 Å². The van der Waals surface area contributed by atoms with E-state index in [1.54, 1.807) is 6.07 Å². The van der Waals surface area contributed by atoms with E-state index in [2.05, 4.69) is 30.1 Å². The van der Waals surface area contributed by atoms with E-state index in [0.29, 0.717) is 17.9 Å². The number of rotatable bonds is 4. The highest BCUT2D eigenvalue weighted by Crippen LogP contribution is 2.29. The number of alkyl halides is 1. The van der Waals surface area contributed by atoms with Crippen LogP contribution in [0, 0.1) is 18.3 Å². The van der Waals surface area contributed by atoms with E-state index in [4.69, 9.17) is 11.6 Å². The third-order valence-electron chi connectivity index (χ3n) is 5.33. The molecule has 1 amide bonds. The summed E-state index contributed by atoms with van der Waals surface area (Å²) in [5.41, 5.74) is 6.20. The fraction of sp³-hybridized carbons (Fsp3) is 0.261. The number of carbonyl (C=O) groups excluding carboxylic acids is 1. The van der Waals surface area contributed by atoms with Gasteiger partial charge in [-0.3, -0.25) is 9.69 Å². The first kappa shape index (κ1) is 18.5. The summed E-state index contributed by atoms with van der Waals surface area (Å²) in [4.78, 5) is 18.9. The van der Waals surface area contributed by atoms with Crippen LogP contribution < -0.4 is 4.90 Å². The fourth-order valence-corrected chi connectivity index (χ4v) is 4.17. The van der Waals surface area contributed by atoms with Crippen molar-refractivity contribution in [3.63, 3.8) is 0 Å². The highest BCUT2D eigenvalue weighted by Gasteiger charge is 2.22.